The van der Waals surface area contributed by atoms with E-state index < -0.39 is 32.6 Å². The van der Waals surface area contributed by atoms with Gasteiger partial charge in [0.2, 0.25) is 0 Å². The van der Waals surface area contributed by atoms with Crippen LogP contribution < -0.4 is 10.4 Å². The summed E-state index contributed by atoms with van der Waals surface area (Å²) in [6, 6.07) is 20.7. The highest BCUT2D eigenvalue weighted by atomic mass is 28.4. The minimum absolute atomic E-state index is 0.151. The Balaban J connectivity index is 1.91. The molecule has 2 N–H and O–H groups in total. The van der Waals surface area contributed by atoms with Gasteiger partial charge < -0.3 is 24.1 Å². The van der Waals surface area contributed by atoms with Crippen molar-refractivity contribution < 1.29 is 24.1 Å². The Morgan fingerprint density at radius 1 is 0.933 bits per heavy atom. The van der Waals surface area contributed by atoms with E-state index in [1.165, 1.54) is 10.4 Å². The molecule has 0 aromatic heterocycles. The highest BCUT2D eigenvalue weighted by Gasteiger charge is 2.51. The minimum atomic E-state index is -2.70. The Labute approximate surface area is 180 Å². The van der Waals surface area contributed by atoms with Crippen LogP contribution in [0.3, 0.4) is 0 Å². The number of benzene rings is 2. The third-order valence-corrected chi connectivity index (χ3v) is 10.5. The first-order valence-corrected chi connectivity index (χ1v) is 12.4. The van der Waals surface area contributed by atoms with Crippen LogP contribution in [0.2, 0.25) is 5.04 Å². The van der Waals surface area contributed by atoms with Crippen LogP contribution in [0.1, 0.15) is 41.0 Å². The molecule has 2 aromatic rings. The quantitative estimate of drug-likeness (QED) is 0.522. The van der Waals surface area contributed by atoms with E-state index in [-0.39, 0.29) is 11.6 Å². The molecule has 0 bridgehead atoms. The van der Waals surface area contributed by atoms with Gasteiger partial charge >= 0.3 is 0 Å². The van der Waals surface area contributed by atoms with Crippen molar-refractivity contribution >= 4 is 18.7 Å². The zero-order valence-corrected chi connectivity index (χ0v) is 19.5. The van der Waals surface area contributed by atoms with Crippen molar-refractivity contribution in [3.05, 3.63) is 60.7 Å². The fraction of sp³-hybridized carbons (Fsp3) is 0.500. The molecular formula is C24H34O5Si. The number of hydrogen-bond acceptors (Lipinski definition) is 5. The van der Waals surface area contributed by atoms with E-state index in [0.717, 1.165) is 0 Å². The smallest absolute Gasteiger partial charge is 0.261 e. The van der Waals surface area contributed by atoms with Crippen molar-refractivity contribution in [3.63, 3.8) is 0 Å². The summed E-state index contributed by atoms with van der Waals surface area (Å²) in [5.74, 6) is -1.32. The first-order chi connectivity index (χ1) is 14.0. The summed E-state index contributed by atoms with van der Waals surface area (Å²) in [7, 11) is -2.70. The van der Waals surface area contributed by atoms with Crippen LogP contribution in [-0.4, -0.2) is 49.4 Å². The highest BCUT2D eigenvalue weighted by molar-refractivity contribution is 6.99. The Morgan fingerprint density at radius 3 is 1.87 bits per heavy atom. The highest BCUT2D eigenvalue weighted by Crippen LogP contribution is 2.37. The molecule has 0 amide bonds. The van der Waals surface area contributed by atoms with Gasteiger partial charge in [-0.3, -0.25) is 0 Å². The predicted octanol–water partition coefficient (Wildman–Crippen LogP) is 2.78. The van der Waals surface area contributed by atoms with Crippen molar-refractivity contribution in [1.29, 1.82) is 0 Å². The summed E-state index contributed by atoms with van der Waals surface area (Å²) >= 11 is 0. The monoisotopic (exact) mass is 430 g/mol. The van der Waals surface area contributed by atoms with Gasteiger partial charge in [0.1, 0.15) is 6.10 Å². The molecule has 1 aliphatic heterocycles. The van der Waals surface area contributed by atoms with Gasteiger partial charge in [-0.2, -0.15) is 0 Å². The van der Waals surface area contributed by atoms with Gasteiger partial charge in [-0.1, -0.05) is 81.4 Å². The van der Waals surface area contributed by atoms with Crippen molar-refractivity contribution in [1.82, 2.24) is 0 Å². The van der Waals surface area contributed by atoms with Crippen LogP contribution in [-0.2, 0) is 13.9 Å². The fourth-order valence-electron chi connectivity index (χ4n) is 4.21. The normalized spacial score (nSPS) is 23.0. The van der Waals surface area contributed by atoms with Crippen molar-refractivity contribution in [3.8, 4) is 0 Å². The van der Waals surface area contributed by atoms with Crippen molar-refractivity contribution in [2.24, 2.45) is 0 Å². The van der Waals surface area contributed by atoms with E-state index in [1.54, 1.807) is 13.8 Å². The number of ether oxygens (including phenoxy) is 2. The molecule has 1 aliphatic rings. The molecule has 0 aliphatic carbocycles. The molecule has 3 atom stereocenters. The Bertz CT molecular complexity index is 758. The van der Waals surface area contributed by atoms with E-state index >= 15 is 0 Å². The van der Waals surface area contributed by atoms with Gasteiger partial charge in [0.05, 0.1) is 12.7 Å². The second-order valence-electron chi connectivity index (χ2n) is 9.45. The van der Waals surface area contributed by atoms with E-state index in [4.69, 9.17) is 13.9 Å². The Kier molecular flexibility index (Phi) is 6.86. The lowest BCUT2D eigenvalue weighted by molar-refractivity contribution is -0.269. The van der Waals surface area contributed by atoms with Crippen molar-refractivity contribution in [2.45, 2.75) is 70.4 Å². The largest absolute Gasteiger partial charge is 0.405 e. The van der Waals surface area contributed by atoms with Gasteiger partial charge in [-0.15, -0.1) is 0 Å². The maximum absolute atomic E-state index is 10.5. The summed E-state index contributed by atoms with van der Waals surface area (Å²) in [5, 5.41) is 22.7. The molecule has 1 fully saturated rings. The van der Waals surface area contributed by atoms with Gasteiger partial charge in [-0.05, 0) is 29.3 Å². The first kappa shape index (κ1) is 23.1. The molecule has 0 unspecified atom stereocenters. The maximum Gasteiger partial charge on any atom is 0.261 e. The summed E-state index contributed by atoms with van der Waals surface area (Å²) in [6.07, 6.45) is -1.58. The van der Waals surface area contributed by atoms with Crippen LogP contribution in [0.5, 0.6) is 0 Å². The van der Waals surface area contributed by atoms with Gasteiger partial charge in [0.25, 0.3) is 8.32 Å². The lowest BCUT2D eigenvalue weighted by Crippen LogP contribution is -2.67. The lowest BCUT2D eigenvalue weighted by Gasteiger charge is -2.43. The number of rotatable bonds is 7. The van der Waals surface area contributed by atoms with Gasteiger partial charge in [0.15, 0.2) is 12.1 Å². The maximum atomic E-state index is 10.5. The molecule has 6 heteroatoms. The summed E-state index contributed by atoms with van der Waals surface area (Å²) in [4.78, 5) is 0. The number of aliphatic hydroxyl groups excluding tert-OH is 1. The Hall–Kier alpha value is -1.54. The predicted molar refractivity (Wildman–Crippen MR) is 120 cm³/mol. The molecule has 0 spiro atoms. The third-order valence-electron chi connectivity index (χ3n) is 5.49. The molecule has 2 aromatic carbocycles. The number of aliphatic hydroxyl groups is 2. The number of hydrogen-bond donors (Lipinski definition) is 2. The lowest BCUT2D eigenvalue weighted by atomic mass is 10.2. The second kappa shape index (κ2) is 8.90. The van der Waals surface area contributed by atoms with Crippen LogP contribution in [0, 0.1) is 0 Å². The zero-order valence-electron chi connectivity index (χ0n) is 18.5. The van der Waals surface area contributed by atoms with Crippen LogP contribution >= 0.6 is 0 Å². The van der Waals surface area contributed by atoms with Crippen LogP contribution in [0.4, 0.5) is 0 Å². The molecule has 30 heavy (non-hydrogen) atoms. The topological polar surface area (TPSA) is 68.2 Å². The second-order valence-corrected chi connectivity index (χ2v) is 13.8. The molecule has 1 saturated heterocycles. The molecule has 0 saturated carbocycles. The average molecular weight is 431 g/mol. The van der Waals surface area contributed by atoms with E-state index in [0.29, 0.717) is 6.42 Å². The van der Waals surface area contributed by atoms with Gasteiger partial charge in [-0.25, -0.2) is 0 Å². The van der Waals surface area contributed by atoms with Gasteiger partial charge in [0, 0.05) is 6.42 Å². The molecule has 5 nitrogen and oxygen atoms in total. The third kappa shape index (κ3) is 5.02. The first-order valence-electron chi connectivity index (χ1n) is 10.5. The van der Waals surface area contributed by atoms with Crippen molar-refractivity contribution in [2.75, 3.05) is 6.61 Å². The Morgan fingerprint density at radius 2 is 1.43 bits per heavy atom. The standard InChI is InChI=1S/C24H34O5Si/c1-23(2,3)30(18-12-8-6-9-13-18,19-14-10-7-11-15-19)27-17-21-20(25)16-22(28-21)29-24(4,5)26/h6-15,20-22,25-26H,16-17H2,1-5H3/t20-,21-,22-/m1/s1. The van der Waals surface area contributed by atoms with E-state index in [2.05, 4.69) is 45.0 Å². The van der Waals surface area contributed by atoms with Crippen LogP contribution in [0.15, 0.2) is 60.7 Å². The molecule has 3 rings (SSSR count). The average Bonchev–Trinajstić information content (AvgIpc) is 3.00. The zero-order chi connectivity index (χ0) is 22.0. The van der Waals surface area contributed by atoms with E-state index in [1.807, 2.05) is 36.4 Å². The molecule has 164 valence electrons. The SMILES string of the molecule is CC(C)(O)O[C@@H]1C[C@@H](O)[C@@H](CO[Si](c2ccccc2)(c2ccccc2)C(C)(C)C)O1. The fourth-order valence-corrected chi connectivity index (χ4v) is 8.78. The summed E-state index contributed by atoms with van der Waals surface area (Å²) in [5.41, 5.74) is 0. The minimum Gasteiger partial charge on any atom is -0.405 e. The summed E-state index contributed by atoms with van der Waals surface area (Å²) < 4.78 is 18.2. The molecule has 1 heterocycles. The summed E-state index contributed by atoms with van der Waals surface area (Å²) in [6.45, 7) is 9.99. The molecular weight excluding hydrogens is 396 g/mol. The van der Waals surface area contributed by atoms with E-state index in [9.17, 15) is 10.2 Å². The molecule has 0 radical (unpaired) electrons. The van der Waals surface area contributed by atoms with Crippen LogP contribution in [0.25, 0.3) is 0 Å².